The second kappa shape index (κ2) is 5.09. The smallest absolute Gasteiger partial charge is 0.230 e. The number of nitrogens with one attached hydrogen (secondary N) is 2. The lowest BCUT2D eigenvalue weighted by Gasteiger charge is -2.02. The van der Waals surface area contributed by atoms with Crippen LogP contribution in [0.4, 0.5) is 5.13 Å². The quantitative estimate of drug-likeness (QED) is 0.774. The Hall–Kier alpha value is -2.14. The van der Waals surface area contributed by atoms with Gasteiger partial charge in [-0.1, -0.05) is 6.07 Å². The van der Waals surface area contributed by atoms with Gasteiger partial charge in [-0.15, -0.1) is 11.3 Å². The van der Waals surface area contributed by atoms with Gasteiger partial charge in [-0.25, -0.2) is 4.98 Å². The second-order valence-corrected chi connectivity index (χ2v) is 5.99. The van der Waals surface area contributed by atoms with Crippen LogP contribution in [0.25, 0.3) is 10.9 Å². The highest BCUT2D eigenvalue weighted by Gasteiger charge is 2.09. The predicted molar refractivity (Wildman–Crippen MR) is 82.2 cm³/mol. The van der Waals surface area contributed by atoms with Crippen LogP contribution in [0.2, 0.25) is 0 Å². The summed E-state index contributed by atoms with van der Waals surface area (Å²) in [6.45, 7) is 3.95. The van der Waals surface area contributed by atoms with Gasteiger partial charge >= 0.3 is 0 Å². The molecule has 0 unspecified atom stereocenters. The number of carbonyl (C=O) groups is 1. The average molecular weight is 285 g/mol. The monoisotopic (exact) mass is 285 g/mol. The van der Waals surface area contributed by atoms with E-state index in [1.807, 2.05) is 44.3 Å². The fourth-order valence-corrected chi connectivity index (χ4v) is 2.92. The van der Waals surface area contributed by atoms with Crippen molar-refractivity contribution >= 4 is 33.3 Å². The van der Waals surface area contributed by atoms with Crippen molar-refractivity contribution in [2.45, 2.75) is 20.3 Å². The molecule has 2 N–H and O–H groups in total. The summed E-state index contributed by atoms with van der Waals surface area (Å²) in [5.74, 6) is -0.0337. The van der Waals surface area contributed by atoms with E-state index < -0.39 is 0 Å². The van der Waals surface area contributed by atoms with Crippen LogP contribution >= 0.6 is 11.3 Å². The van der Waals surface area contributed by atoms with Gasteiger partial charge in [-0.2, -0.15) is 0 Å². The number of amides is 1. The molecular weight excluding hydrogens is 270 g/mol. The van der Waals surface area contributed by atoms with Crippen molar-refractivity contribution in [3.8, 4) is 0 Å². The fraction of sp³-hybridized carbons (Fsp3) is 0.200. The summed E-state index contributed by atoms with van der Waals surface area (Å²) in [5, 5.41) is 4.65. The number of H-pyrrole nitrogens is 1. The number of fused-ring (bicyclic) bond motifs is 1. The van der Waals surface area contributed by atoms with Gasteiger partial charge in [0.2, 0.25) is 5.91 Å². The van der Waals surface area contributed by atoms with Gasteiger partial charge < -0.3 is 10.3 Å². The first-order chi connectivity index (χ1) is 9.61. The summed E-state index contributed by atoms with van der Waals surface area (Å²) >= 11 is 1.51. The summed E-state index contributed by atoms with van der Waals surface area (Å²) in [6.07, 6.45) is 2.26. The van der Waals surface area contributed by atoms with Gasteiger partial charge in [0.15, 0.2) is 5.13 Å². The molecule has 2 aromatic heterocycles. The highest BCUT2D eigenvalue weighted by Crippen LogP contribution is 2.21. The number of aryl methyl sites for hydroxylation is 2. The van der Waals surface area contributed by atoms with Gasteiger partial charge in [-0.05, 0) is 43.0 Å². The summed E-state index contributed by atoms with van der Waals surface area (Å²) in [4.78, 5) is 20.6. The maximum Gasteiger partial charge on any atom is 0.230 e. The molecule has 0 saturated carbocycles. The molecule has 4 nitrogen and oxygen atoms in total. The zero-order valence-electron chi connectivity index (χ0n) is 11.4. The van der Waals surface area contributed by atoms with E-state index in [0.29, 0.717) is 11.6 Å². The summed E-state index contributed by atoms with van der Waals surface area (Å²) < 4.78 is 0. The van der Waals surface area contributed by atoms with E-state index in [0.717, 1.165) is 27.0 Å². The molecule has 0 aliphatic rings. The molecular formula is C15H15N3OS. The third-order valence-corrected chi connectivity index (χ3v) is 4.25. The van der Waals surface area contributed by atoms with Crippen LogP contribution in [0.1, 0.15) is 16.1 Å². The first kappa shape index (κ1) is 12.9. The highest BCUT2D eigenvalue weighted by molar-refractivity contribution is 7.15. The van der Waals surface area contributed by atoms with E-state index in [1.54, 1.807) is 0 Å². The standard InChI is InChI=1S/C15H15N3OS/c1-9-10(2)20-15(17-9)18-14(19)8-11-3-4-13-12(7-11)5-6-16-13/h3-7,16H,8H2,1-2H3,(H,17,18,19). The lowest BCUT2D eigenvalue weighted by atomic mass is 10.1. The van der Waals surface area contributed by atoms with Crippen LogP contribution in [0.5, 0.6) is 0 Å². The summed E-state index contributed by atoms with van der Waals surface area (Å²) in [6, 6.07) is 8.00. The number of aromatic nitrogens is 2. The minimum Gasteiger partial charge on any atom is -0.361 e. The number of hydrogen-bond donors (Lipinski definition) is 2. The Kier molecular flexibility index (Phi) is 3.28. The maximum atomic E-state index is 12.0. The third-order valence-electron chi connectivity index (χ3n) is 3.26. The van der Waals surface area contributed by atoms with Crippen molar-refractivity contribution < 1.29 is 4.79 Å². The lowest BCUT2D eigenvalue weighted by Crippen LogP contribution is -2.14. The third kappa shape index (κ3) is 2.58. The van der Waals surface area contributed by atoms with Crippen molar-refractivity contribution in [3.63, 3.8) is 0 Å². The first-order valence-corrected chi connectivity index (χ1v) is 7.23. The Morgan fingerprint density at radius 1 is 1.35 bits per heavy atom. The normalized spacial score (nSPS) is 10.9. The Morgan fingerprint density at radius 2 is 2.20 bits per heavy atom. The maximum absolute atomic E-state index is 12.0. The zero-order chi connectivity index (χ0) is 14.1. The predicted octanol–water partition coefficient (Wildman–Crippen LogP) is 3.42. The fourth-order valence-electron chi connectivity index (χ4n) is 2.09. The molecule has 0 bridgehead atoms. The average Bonchev–Trinajstić information content (AvgIpc) is 2.96. The van der Waals surface area contributed by atoms with E-state index in [-0.39, 0.29) is 5.91 Å². The lowest BCUT2D eigenvalue weighted by molar-refractivity contribution is -0.115. The number of anilines is 1. The largest absolute Gasteiger partial charge is 0.361 e. The number of aromatic amines is 1. The van der Waals surface area contributed by atoms with Crippen molar-refractivity contribution in [2.24, 2.45) is 0 Å². The van der Waals surface area contributed by atoms with E-state index in [9.17, 15) is 4.79 Å². The Labute approximate surface area is 120 Å². The molecule has 0 saturated heterocycles. The van der Waals surface area contributed by atoms with Crippen molar-refractivity contribution in [2.75, 3.05) is 5.32 Å². The molecule has 102 valence electrons. The van der Waals surface area contributed by atoms with Crippen molar-refractivity contribution in [3.05, 3.63) is 46.6 Å². The Balaban J connectivity index is 1.71. The number of hydrogen-bond acceptors (Lipinski definition) is 3. The molecule has 0 fully saturated rings. The highest BCUT2D eigenvalue weighted by atomic mass is 32.1. The molecule has 5 heteroatoms. The molecule has 0 spiro atoms. The molecule has 1 amide bonds. The van der Waals surface area contributed by atoms with Gasteiger partial charge in [0.1, 0.15) is 0 Å². The van der Waals surface area contributed by atoms with Gasteiger partial charge in [0, 0.05) is 16.6 Å². The molecule has 3 aromatic rings. The number of benzene rings is 1. The molecule has 0 aliphatic carbocycles. The molecule has 0 radical (unpaired) electrons. The van der Waals surface area contributed by atoms with E-state index in [1.165, 1.54) is 11.3 Å². The van der Waals surface area contributed by atoms with Crippen molar-refractivity contribution in [1.82, 2.24) is 9.97 Å². The number of nitrogens with zero attached hydrogens (tertiary/aromatic N) is 1. The number of carbonyl (C=O) groups excluding carboxylic acids is 1. The molecule has 1 aromatic carbocycles. The van der Waals surface area contributed by atoms with Crippen LogP contribution < -0.4 is 5.32 Å². The van der Waals surface area contributed by atoms with E-state index >= 15 is 0 Å². The van der Waals surface area contributed by atoms with Crippen LogP contribution in [0, 0.1) is 13.8 Å². The van der Waals surface area contributed by atoms with E-state index in [2.05, 4.69) is 15.3 Å². The summed E-state index contributed by atoms with van der Waals surface area (Å²) in [7, 11) is 0. The molecule has 0 aliphatic heterocycles. The minimum absolute atomic E-state index is 0.0337. The molecule has 3 rings (SSSR count). The molecule has 0 atom stereocenters. The molecule has 20 heavy (non-hydrogen) atoms. The zero-order valence-corrected chi connectivity index (χ0v) is 12.2. The van der Waals surface area contributed by atoms with Crippen LogP contribution in [0.3, 0.4) is 0 Å². The first-order valence-electron chi connectivity index (χ1n) is 6.42. The summed E-state index contributed by atoms with van der Waals surface area (Å²) in [5.41, 5.74) is 3.05. The van der Waals surface area contributed by atoms with Gasteiger partial charge in [-0.3, -0.25) is 4.79 Å². The number of rotatable bonds is 3. The Morgan fingerprint density at radius 3 is 2.95 bits per heavy atom. The SMILES string of the molecule is Cc1nc(NC(=O)Cc2ccc3[nH]ccc3c2)sc1C. The van der Waals surface area contributed by atoms with E-state index in [4.69, 9.17) is 0 Å². The minimum atomic E-state index is -0.0337. The van der Waals surface area contributed by atoms with Gasteiger partial charge in [0.25, 0.3) is 0 Å². The second-order valence-electron chi connectivity index (χ2n) is 4.78. The molecule has 2 heterocycles. The Bertz CT molecular complexity index is 753. The van der Waals surface area contributed by atoms with Gasteiger partial charge in [0.05, 0.1) is 12.1 Å². The number of thiazole rings is 1. The van der Waals surface area contributed by atoms with Crippen LogP contribution in [-0.4, -0.2) is 15.9 Å². The van der Waals surface area contributed by atoms with Crippen LogP contribution in [-0.2, 0) is 11.2 Å². The van der Waals surface area contributed by atoms with Crippen molar-refractivity contribution in [1.29, 1.82) is 0 Å². The topological polar surface area (TPSA) is 57.8 Å². The van der Waals surface area contributed by atoms with Crippen LogP contribution in [0.15, 0.2) is 30.5 Å².